The number of rotatable bonds is 5. The van der Waals surface area contributed by atoms with Crippen LogP contribution in [0.4, 0.5) is 0 Å². The summed E-state index contributed by atoms with van der Waals surface area (Å²) in [6.07, 6.45) is 3.08. The van der Waals surface area contributed by atoms with Crippen molar-refractivity contribution < 1.29 is 9.53 Å². The van der Waals surface area contributed by atoms with E-state index in [2.05, 4.69) is 31.0 Å². The lowest BCUT2D eigenvalue weighted by molar-refractivity contribution is -0.137. The van der Waals surface area contributed by atoms with Crippen molar-refractivity contribution in [2.75, 3.05) is 39.8 Å². The normalized spacial score (nSPS) is 26.1. The Hall–Kier alpha value is -0.650. The predicted molar refractivity (Wildman–Crippen MR) is 84.3 cm³/mol. The Bertz CT molecular complexity index is 353. The average Bonchev–Trinajstić information content (AvgIpc) is 2.96. The molecule has 5 heteroatoms. The van der Waals surface area contributed by atoms with Gasteiger partial charge in [0.15, 0.2) is 0 Å². The van der Waals surface area contributed by atoms with Gasteiger partial charge in [-0.1, -0.05) is 0 Å². The number of ether oxygens (including phenoxy) is 1. The van der Waals surface area contributed by atoms with Crippen LogP contribution in [-0.2, 0) is 9.53 Å². The van der Waals surface area contributed by atoms with Crippen molar-refractivity contribution in [1.82, 2.24) is 15.1 Å². The molecule has 0 aromatic rings. The maximum atomic E-state index is 12.8. The second kappa shape index (κ2) is 7.07. The van der Waals surface area contributed by atoms with E-state index in [0.717, 1.165) is 52.0 Å². The van der Waals surface area contributed by atoms with Crippen LogP contribution in [0.2, 0.25) is 0 Å². The van der Waals surface area contributed by atoms with E-state index in [0.29, 0.717) is 11.9 Å². The van der Waals surface area contributed by atoms with Crippen LogP contribution in [0.3, 0.4) is 0 Å². The van der Waals surface area contributed by atoms with E-state index >= 15 is 0 Å². The molecule has 2 saturated heterocycles. The van der Waals surface area contributed by atoms with Crippen LogP contribution < -0.4 is 5.32 Å². The number of hydrogen-bond donors (Lipinski definition) is 1. The second-order valence-corrected chi connectivity index (χ2v) is 6.99. The third-order valence-electron chi connectivity index (χ3n) is 4.91. The summed E-state index contributed by atoms with van der Waals surface area (Å²) in [6, 6.07) is 0.449. The first kappa shape index (κ1) is 16.7. The van der Waals surface area contributed by atoms with Gasteiger partial charge in [0.1, 0.15) is 0 Å². The Morgan fingerprint density at radius 3 is 2.62 bits per heavy atom. The zero-order chi connectivity index (χ0) is 15.5. The van der Waals surface area contributed by atoms with Gasteiger partial charge < -0.3 is 15.0 Å². The van der Waals surface area contributed by atoms with Gasteiger partial charge in [0.05, 0.1) is 11.6 Å². The van der Waals surface area contributed by atoms with Crippen molar-refractivity contribution in [3.05, 3.63) is 0 Å². The molecule has 5 nitrogen and oxygen atoms in total. The largest absolute Gasteiger partial charge is 0.379 e. The van der Waals surface area contributed by atoms with E-state index in [9.17, 15) is 4.79 Å². The molecule has 2 rings (SSSR count). The quantitative estimate of drug-likeness (QED) is 0.825. The van der Waals surface area contributed by atoms with Crippen LogP contribution in [-0.4, -0.2) is 73.2 Å². The van der Waals surface area contributed by atoms with Gasteiger partial charge in [0.2, 0.25) is 5.91 Å². The minimum absolute atomic E-state index is 0.0748. The van der Waals surface area contributed by atoms with Crippen LogP contribution >= 0.6 is 0 Å². The Balaban J connectivity index is 1.97. The van der Waals surface area contributed by atoms with E-state index in [1.807, 2.05) is 4.90 Å². The summed E-state index contributed by atoms with van der Waals surface area (Å²) in [5.74, 6) is 0.330. The molecule has 0 aromatic heterocycles. The maximum absolute atomic E-state index is 12.8. The summed E-state index contributed by atoms with van der Waals surface area (Å²) >= 11 is 0. The zero-order valence-corrected chi connectivity index (χ0v) is 14.0. The highest BCUT2D eigenvalue weighted by atomic mass is 16.5. The molecule has 1 N–H and O–H groups in total. The van der Waals surface area contributed by atoms with Gasteiger partial charge in [-0.3, -0.25) is 9.69 Å². The second-order valence-electron chi connectivity index (χ2n) is 6.99. The monoisotopic (exact) mass is 297 g/mol. The number of likely N-dealkylation sites (tertiary alicyclic amines) is 1. The lowest BCUT2D eigenvalue weighted by Crippen LogP contribution is -2.54. The van der Waals surface area contributed by atoms with E-state index < -0.39 is 0 Å². The predicted octanol–water partition coefficient (Wildman–Crippen LogP) is 1.09. The molecule has 2 aliphatic rings. The fourth-order valence-corrected chi connectivity index (χ4v) is 3.59. The van der Waals surface area contributed by atoms with Crippen LogP contribution in [0.15, 0.2) is 0 Å². The summed E-state index contributed by atoms with van der Waals surface area (Å²) in [5.41, 5.74) is -0.134. The van der Waals surface area contributed by atoms with Crippen LogP contribution in [0.1, 0.15) is 40.0 Å². The highest BCUT2D eigenvalue weighted by molar-refractivity contribution is 5.82. The molecule has 2 heterocycles. The minimum Gasteiger partial charge on any atom is -0.379 e. The first-order chi connectivity index (χ1) is 9.94. The molecule has 2 atom stereocenters. The van der Waals surface area contributed by atoms with Crippen molar-refractivity contribution in [3.63, 3.8) is 0 Å². The summed E-state index contributed by atoms with van der Waals surface area (Å²) in [6.45, 7) is 11.0. The third-order valence-corrected chi connectivity index (χ3v) is 4.91. The molecule has 2 aliphatic heterocycles. The molecule has 0 aliphatic carbocycles. The number of carbonyl (C=O) groups is 1. The molecular formula is C16H31N3O2. The summed E-state index contributed by atoms with van der Waals surface area (Å²) in [5, 5.41) is 3.31. The molecule has 0 aromatic carbocycles. The number of hydrogen-bond acceptors (Lipinski definition) is 4. The highest BCUT2D eigenvalue weighted by Crippen LogP contribution is 2.27. The van der Waals surface area contributed by atoms with E-state index in [1.54, 1.807) is 7.11 Å². The van der Waals surface area contributed by atoms with Gasteiger partial charge in [0.25, 0.3) is 0 Å². The van der Waals surface area contributed by atoms with Crippen molar-refractivity contribution in [1.29, 1.82) is 0 Å². The molecule has 122 valence electrons. The standard InChI is InChI=1S/C16H31N3O2/c1-13(12-16(2,3)21-4)19-9-5-6-14(19)15(20)18-10-7-17-8-11-18/h13-14,17H,5-12H2,1-4H3. The first-order valence-electron chi connectivity index (χ1n) is 8.25. The number of nitrogens with zero attached hydrogens (tertiary/aromatic N) is 2. The number of carbonyl (C=O) groups excluding carboxylic acids is 1. The summed E-state index contributed by atoms with van der Waals surface area (Å²) in [7, 11) is 1.76. The van der Waals surface area contributed by atoms with E-state index in [1.165, 1.54) is 0 Å². The number of amides is 1. The van der Waals surface area contributed by atoms with Gasteiger partial charge >= 0.3 is 0 Å². The fraction of sp³-hybridized carbons (Fsp3) is 0.938. The number of piperazine rings is 1. The third kappa shape index (κ3) is 4.18. The Morgan fingerprint density at radius 2 is 2.00 bits per heavy atom. The van der Waals surface area contributed by atoms with Crippen LogP contribution in [0, 0.1) is 0 Å². The average molecular weight is 297 g/mol. The molecule has 0 radical (unpaired) electrons. The highest BCUT2D eigenvalue weighted by Gasteiger charge is 2.37. The van der Waals surface area contributed by atoms with E-state index in [4.69, 9.17) is 4.74 Å². The molecule has 0 spiro atoms. The maximum Gasteiger partial charge on any atom is 0.240 e. The van der Waals surface area contributed by atoms with Crippen molar-refractivity contribution in [3.8, 4) is 0 Å². The lowest BCUT2D eigenvalue weighted by Gasteiger charge is -2.37. The summed E-state index contributed by atoms with van der Waals surface area (Å²) in [4.78, 5) is 17.2. The van der Waals surface area contributed by atoms with Crippen molar-refractivity contribution in [2.45, 2.75) is 57.7 Å². The Labute approximate surface area is 129 Å². The smallest absolute Gasteiger partial charge is 0.240 e. The summed E-state index contributed by atoms with van der Waals surface area (Å²) < 4.78 is 5.55. The number of nitrogens with one attached hydrogen (secondary N) is 1. The lowest BCUT2D eigenvalue weighted by atomic mass is 9.98. The van der Waals surface area contributed by atoms with Crippen molar-refractivity contribution >= 4 is 5.91 Å². The van der Waals surface area contributed by atoms with Crippen LogP contribution in [0.25, 0.3) is 0 Å². The van der Waals surface area contributed by atoms with E-state index in [-0.39, 0.29) is 11.6 Å². The number of methoxy groups -OCH3 is 1. The van der Waals surface area contributed by atoms with Crippen LogP contribution in [0.5, 0.6) is 0 Å². The Kier molecular flexibility index (Phi) is 5.63. The van der Waals surface area contributed by atoms with Gasteiger partial charge in [-0.2, -0.15) is 0 Å². The van der Waals surface area contributed by atoms with Crippen molar-refractivity contribution in [2.24, 2.45) is 0 Å². The zero-order valence-electron chi connectivity index (χ0n) is 14.0. The Morgan fingerprint density at radius 1 is 1.33 bits per heavy atom. The first-order valence-corrected chi connectivity index (χ1v) is 8.25. The fourth-order valence-electron chi connectivity index (χ4n) is 3.59. The molecule has 2 fully saturated rings. The van der Waals surface area contributed by atoms with Gasteiger partial charge in [-0.15, -0.1) is 0 Å². The van der Waals surface area contributed by atoms with Gasteiger partial charge in [0, 0.05) is 39.3 Å². The molecule has 1 amide bonds. The molecule has 0 saturated carbocycles. The van der Waals surface area contributed by atoms with Gasteiger partial charge in [-0.05, 0) is 46.6 Å². The molecule has 21 heavy (non-hydrogen) atoms. The minimum atomic E-state index is -0.134. The molecular weight excluding hydrogens is 266 g/mol. The molecule has 0 bridgehead atoms. The topological polar surface area (TPSA) is 44.8 Å². The SMILES string of the molecule is COC(C)(C)CC(C)N1CCCC1C(=O)N1CCNCC1. The molecule has 2 unspecified atom stereocenters. The van der Waals surface area contributed by atoms with Gasteiger partial charge in [-0.25, -0.2) is 0 Å².